The second kappa shape index (κ2) is 69.5. The van der Waals surface area contributed by atoms with Crippen molar-refractivity contribution in [2.24, 2.45) is 0 Å². The number of unbranched alkanes of at least 4 members (excludes halogenated alkanes) is 50. The van der Waals surface area contributed by atoms with Gasteiger partial charge in [-0.2, -0.15) is 0 Å². The van der Waals surface area contributed by atoms with Crippen molar-refractivity contribution in [1.29, 1.82) is 0 Å². The number of carbonyl (C=O) groups is 4. The number of esters is 4. The van der Waals surface area contributed by atoms with Gasteiger partial charge >= 0.3 is 39.5 Å². The molecule has 2 unspecified atom stereocenters. The number of hydrogen-bond acceptors (Lipinski definition) is 15. The van der Waals surface area contributed by atoms with E-state index in [1.54, 1.807) is 0 Å². The largest absolute Gasteiger partial charge is 0.472 e. The van der Waals surface area contributed by atoms with Crippen LogP contribution in [0.4, 0.5) is 0 Å². The first-order chi connectivity index (χ1) is 45.7. The van der Waals surface area contributed by atoms with Crippen LogP contribution in [0.1, 0.15) is 400 Å². The molecular formula is C75H146O17P2. The van der Waals surface area contributed by atoms with Crippen molar-refractivity contribution in [3.05, 3.63) is 0 Å². The average Bonchev–Trinajstić information content (AvgIpc) is 2.40. The highest BCUT2D eigenvalue weighted by Gasteiger charge is 2.30. The zero-order valence-electron chi connectivity index (χ0n) is 60.9. The summed E-state index contributed by atoms with van der Waals surface area (Å²) >= 11 is 0. The van der Waals surface area contributed by atoms with Crippen molar-refractivity contribution >= 4 is 39.5 Å². The van der Waals surface area contributed by atoms with Gasteiger partial charge in [-0.25, -0.2) is 9.13 Å². The maximum Gasteiger partial charge on any atom is 0.472 e. The van der Waals surface area contributed by atoms with Crippen molar-refractivity contribution in [1.82, 2.24) is 0 Å². The minimum Gasteiger partial charge on any atom is -0.462 e. The molecule has 5 atom stereocenters. The van der Waals surface area contributed by atoms with Crippen LogP contribution in [0.15, 0.2) is 0 Å². The van der Waals surface area contributed by atoms with Gasteiger partial charge in [-0.3, -0.25) is 37.3 Å². The van der Waals surface area contributed by atoms with Crippen molar-refractivity contribution in [2.75, 3.05) is 39.6 Å². The summed E-state index contributed by atoms with van der Waals surface area (Å²) < 4.78 is 68.5. The van der Waals surface area contributed by atoms with Crippen LogP contribution in [-0.4, -0.2) is 96.7 Å². The quantitative estimate of drug-likeness (QED) is 0.0222. The van der Waals surface area contributed by atoms with Gasteiger partial charge in [0.1, 0.15) is 19.3 Å². The molecule has 0 heterocycles. The lowest BCUT2D eigenvalue weighted by molar-refractivity contribution is -0.161. The van der Waals surface area contributed by atoms with Crippen molar-refractivity contribution in [3.8, 4) is 0 Å². The van der Waals surface area contributed by atoms with E-state index in [0.717, 1.165) is 89.9 Å². The van der Waals surface area contributed by atoms with Gasteiger partial charge < -0.3 is 33.8 Å². The minimum atomic E-state index is -4.95. The lowest BCUT2D eigenvalue weighted by Crippen LogP contribution is -2.30. The number of rotatable bonds is 76. The lowest BCUT2D eigenvalue weighted by atomic mass is 10.0. The standard InChI is InChI=1S/C75H146O17P2/c1-5-9-13-17-21-25-29-32-34-35-38-42-46-50-54-58-62-75(80)92-71(66-86-73(78)60-56-52-48-44-40-37-33-30-26-22-18-14-10-6-2)68-90-94(83,84)88-64-69(76)63-87-93(81,82)89-67-70(65-85-72(77)59-55-51-47-43-39-28-24-20-16-12-8-4)91-74(79)61-57-53-49-45-41-36-31-27-23-19-15-11-7-3/h69-71,76H,5-68H2,1-4H3,(H,81,82)(H,83,84)/t69-,70+,71+/m0/s1. The number of aliphatic hydroxyl groups excluding tert-OH is 1. The van der Waals surface area contributed by atoms with Gasteiger partial charge in [-0.05, 0) is 25.7 Å². The van der Waals surface area contributed by atoms with Crippen molar-refractivity contribution in [2.45, 2.75) is 418 Å². The van der Waals surface area contributed by atoms with Crippen LogP contribution in [0.2, 0.25) is 0 Å². The van der Waals surface area contributed by atoms with Crippen LogP contribution in [0.25, 0.3) is 0 Å². The third-order valence-electron chi connectivity index (χ3n) is 17.6. The fraction of sp³-hybridized carbons (Fsp3) is 0.947. The maximum atomic E-state index is 13.1. The normalized spacial score (nSPS) is 13.9. The first-order valence-electron chi connectivity index (χ1n) is 39.3. The Morgan fingerprint density at radius 2 is 0.426 bits per heavy atom. The fourth-order valence-corrected chi connectivity index (χ4v) is 13.2. The number of phosphoric acid groups is 2. The van der Waals surface area contributed by atoms with Crippen LogP contribution in [0.5, 0.6) is 0 Å². The monoisotopic (exact) mass is 1380 g/mol. The summed E-state index contributed by atoms with van der Waals surface area (Å²) in [7, 11) is -9.91. The number of hydrogen-bond donors (Lipinski definition) is 3. The Morgan fingerprint density at radius 3 is 0.628 bits per heavy atom. The number of aliphatic hydroxyl groups is 1. The summed E-state index contributed by atoms with van der Waals surface area (Å²) in [5.74, 6) is -2.11. The lowest BCUT2D eigenvalue weighted by Gasteiger charge is -2.21. The maximum absolute atomic E-state index is 13.1. The molecule has 0 saturated carbocycles. The van der Waals surface area contributed by atoms with Crippen molar-refractivity contribution in [3.63, 3.8) is 0 Å². The molecule has 0 saturated heterocycles. The molecule has 0 bridgehead atoms. The molecule has 0 fully saturated rings. The minimum absolute atomic E-state index is 0.108. The summed E-state index contributed by atoms with van der Waals surface area (Å²) in [6.07, 6.45) is 59.4. The van der Waals surface area contributed by atoms with E-state index in [-0.39, 0.29) is 25.7 Å². The van der Waals surface area contributed by atoms with E-state index in [9.17, 15) is 43.2 Å². The molecule has 19 heteroatoms. The van der Waals surface area contributed by atoms with Gasteiger partial charge in [-0.15, -0.1) is 0 Å². The zero-order valence-corrected chi connectivity index (χ0v) is 62.7. The van der Waals surface area contributed by atoms with E-state index in [0.29, 0.717) is 25.7 Å². The Kier molecular flexibility index (Phi) is 68.1. The molecular weight excluding hydrogens is 1230 g/mol. The van der Waals surface area contributed by atoms with E-state index in [4.69, 9.17) is 37.0 Å². The number of ether oxygens (including phenoxy) is 4. The zero-order chi connectivity index (χ0) is 69.0. The first kappa shape index (κ1) is 92.1. The molecule has 558 valence electrons. The Bertz CT molecular complexity index is 1790. The predicted octanol–water partition coefficient (Wildman–Crippen LogP) is 22.2. The van der Waals surface area contributed by atoms with Crippen LogP contribution in [0.3, 0.4) is 0 Å². The van der Waals surface area contributed by atoms with Gasteiger partial charge in [0.05, 0.1) is 26.4 Å². The van der Waals surface area contributed by atoms with Gasteiger partial charge in [0.25, 0.3) is 0 Å². The Morgan fingerprint density at radius 1 is 0.255 bits per heavy atom. The molecule has 0 aliphatic rings. The molecule has 0 amide bonds. The molecule has 0 aromatic carbocycles. The summed E-state index contributed by atoms with van der Waals surface area (Å²) in [5.41, 5.74) is 0. The fourth-order valence-electron chi connectivity index (χ4n) is 11.6. The van der Waals surface area contributed by atoms with Crippen molar-refractivity contribution < 1.29 is 80.2 Å². The number of phosphoric ester groups is 2. The first-order valence-corrected chi connectivity index (χ1v) is 42.3. The van der Waals surface area contributed by atoms with E-state index in [1.807, 2.05) is 0 Å². The van der Waals surface area contributed by atoms with Crippen LogP contribution >= 0.6 is 15.6 Å². The summed E-state index contributed by atoms with van der Waals surface area (Å²) in [5, 5.41) is 10.6. The van der Waals surface area contributed by atoms with E-state index < -0.39 is 97.5 Å². The molecule has 0 aliphatic carbocycles. The summed E-state index contributed by atoms with van der Waals surface area (Å²) in [4.78, 5) is 72.8. The molecule has 17 nitrogen and oxygen atoms in total. The van der Waals surface area contributed by atoms with Gasteiger partial charge in [0.15, 0.2) is 12.2 Å². The smallest absolute Gasteiger partial charge is 0.462 e. The highest BCUT2D eigenvalue weighted by molar-refractivity contribution is 7.47. The van der Waals surface area contributed by atoms with E-state index >= 15 is 0 Å². The SMILES string of the molecule is CCCCCCCCCCCCCCCCCCC(=O)O[C@H](COC(=O)CCCCCCCCCCCCCCCC)COP(=O)(O)OC[C@@H](O)COP(=O)(O)OC[C@@H](COC(=O)CCCCCCCCCCCCC)OC(=O)CCCCCCCCCCCCCCC. The summed E-state index contributed by atoms with van der Waals surface area (Å²) in [6, 6.07) is 0. The van der Waals surface area contributed by atoms with E-state index in [2.05, 4.69) is 27.7 Å². The van der Waals surface area contributed by atoms with E-state index in [1.165, 1.54) is 231 Å². The molecule has 3 N–H and O–H groups in total. The van der Waals surface area contributed by atoms with Gasteiger partial charge in [0, 0.05) is 25.7 Å². The Balaban J connectivity index is 5.25. The topological polar surface area (TPSA) is 237 Å². The molecule has 0 aliphatic heterocycles. The predicted molar refractivity (Wildman–Crippen MR) is 382 cm³/mol. The second-order valence-electron chi connectivity index (χ2n) is 27.0. The van der Waals surface area contributed by atoms with Crippen LogP contribution in [-0.2, 0) is 65.4 Å². The third kappa shape index (κ3) is 68.6. The molecule has 0 spiro atoms. The van der Waals surface area contributed by atoms with Gasteiger partial charge in [-0.1, -0.05) is 349 Å². The van der Waals surface area contributed by atoms with Gasteiger partial charge in [0.2, 0.25) is 0 Å². The molecule has 0 radical (unpaired) electrons. The average molecular weight is 1380 g/mol. The highest BCUT2D eigenvalue weighted by Crippen LogP contribution is 2.45. The Labute approximate surface area is 575 Å². The van der Waals surface area contributed by atoms with Crippen LogP contribution < -0.4 is 0 Å². The second-order valence-corrected chi connectivity index (χ2v) is 29.9. The number of carbonyl (C=O) groups excluding carboxylic acids is 4. The Hall–Kier alpha value is -1.94. The highest BCUT2D eigenvalue weighted by atomic mass is 31.2. The molecule has 0 aromatic rings. The summed E-state index contributed by atoms with van der Waals surface area (Å²) in [6.45, 7) is 4.99. The molecule has 94 heavy (non-hydrogen) atoms. The van der Waals surface area contributed by atoms with Crippen LogP contribution in [0, 0.1) is 0 Å². The third-order valence-corrected chi connectivity index (χ3v) is 19.5. The molecule has 0 aromatic heterocycles. The molecule has 0 rings (SSSR count).